The number of carbonyl (C=O) groups excluding carboxylic acids is 1. The summed E-state index contributed by atoms with van der Waals surface area (Å²) in [6.07, 6.45) is 14.5. The summed E-state index contributed by atoms with van der Waals surface area (Å²) in [6, 6.07) is 17.9. The van der Waals surface area contributed by atoms with Crippen molar-refractivity contribution in [2.45, 2.75) is 87.1 Å². The molecule has 1 atom stereocenters. The normalized spacial score (nSPS) is 11.8. The molecule has 2 aromatic carbocycles. The molecule has 36 heavy (non-hydrogen) atoms. The second kappa shape index (κ2) is 16.4. The molecule has 4 nitrogen and oxygen atoms in total. The lowest BCUT2D eigenvalue weighted by molar-refractivity contribution is -0.143. The summed E-state index contributed by atoms with van der Waals surface area (Å²) in [6.45, 7) is 4.44. The lowest BCUT2D eigenvalue weighted by Crippen LogP contribution is -2.16. The average Bonchev–Trinajstić information content (AvgIpc) is 2.92. The number of ether oxygens (including phenoxy) is 1. The largest absolute Gasteiger partial charge is 0.460 e. The van der Waals surface area contributed by atoms with Crippen LogP contribution in [0.25, 0.3) is 11.1 Å². The van der Waals surface area contributed by atoms with E-state index in [2.05, 4.69) is 29.0 Å². The van der Waals surface area contributed by atoms with E-state index < -0.39 is 0 Å². The first-order valence-corrected chi connectivity index (χ1v) is 14.9. The summed E-state index contributed by atoms with van der Waals surface area (Å²) < 4.78 is 5.45. The van der Waals surface area contributed by atoms with Crippen molar-refractivity contribution in [1.29, 1.82) is 0 Å². The quantitative estimate of drug-likeness (QED) is 0.0812. The Balaban J connectivity index is 1.37. The monoisotopic (exact) mass is 522 g/mol. The van der Waals surface area contributed by atoms with E-state index in [9.17, 15) is 4.79 Å². The lowest BCUT2D eigenvalue weighted by Gasteiger charge is -2.12. The van der Waals surface area contributed by atoms with E-state index in [0.717, 1.165) is 32.5 Å². The zero-order chi connectivity index (χ0) is 25.4. The number of hydrogen-bond acceptors (Lipinski definition) is 6. The maximum atomic E-state index is 12.4. The van der Waals surface area contributed by atoms with Gasteiger partial charge in [0.25, 0.3) is 0 Å². The second-order valence-electron chi connectivity index (χ2n) is 8.96. The van der Waals surface area contributed by atoms with Gasteiger partial charge in [-0.2, -0.15) is 0 Å². The third-order valence-electron chi connectivity index (χ3n) is 5.91. The number of thioether (sulfide) groups is 2. The van der Waals surface area contributed by atoms with Gasteiger partial charge in [-0.3, -0.25) is 4.79 Å². The Kier molecular flexibility index (Phi) is 12.9. The molecule has 0 aliphatic carbocycles. The average molecular weight is 523 g/mol. The molecule has 6 heteroatoms. The fourth-order valence-corrected chi connectivity index (χ4v) is 5.41. The van der Waals surface area contributed by atoms with Crippen molar-refractivity contribution >= 4 is 29.5 Å². The van der Waals surface area contributed by atoms with E-state index in [0.29, 0.717) is 6.61 Å². The molecule has 0 amide bonds. The van der Waals surface area contributed by atoms with Crippen LogP contribution in [0.15, 0.2) is 77.0 Å². The van der Waals surface area contributed by atoms with Gasteiger partial charge in [-0.1, -0.05) is 106 Å². The van der Waals surface area contributed by atoms with Gasteiger partial charge in [0, 0.05) is 28.6 Å². The van der Waals surface area contributed by atoms with E-state index in [-0.39, 0.29) is 11.2 Å². The van der Waals surface area contributed by atoms with Crippen molar-refractivity contribution in [3.8, 4) is 11.1 Å². The summed E-state index contributed by atoms with van der Waals surface area (Å²) in [7, 11) is 0. The third-order valence-corrected chi connectivity index (χ3v) is 7.97. The van der Waals surface area contributed by atoms with Crippen molar-refractivity contribution in [3.63, 3.8) is 0 Å². The molecule has 1 aromatic heterocycles. The Morgan fingerprint density at radius 2 is 1.47 bits per heavy atom. The first-order valence-electron chi connectivity index (χ1n) is 13.1. The Bertz CT molecular complexity index is 1010. The third kappa shape index (κ3) is 10.4. The summed E-state index contributed by atoms with van der Waals surface area (Å²) in [5.41, 5.74) is 3.06. The predicted octanol–water partition coefficient (Wildman–Crippen LogP) is 8.60. The number of carbonyl (C=O) groups is 1. The predicted molar refractivity (Wildman–Crippen MR) is 152 cm³/mol. The Labute approximate surface area is 225 Å². The first-order chi connectivity index (χ1) is 17.7. The van der Waals surface area contributed by atoms with Gasteiger partial charge in [0.05, 0.1) is 0 Å². The van der Waals surface area contributed by atoms with Crippen LogP contribution in [0.2, 0.25) is 0 Å². The molecule has 0 saturated heterocycles. The summed E-state index contributed by atoms with van der Waals surface area (Å²) in [5, 5.41) is 0.567. The number of rotatable bonds is 16. The minimum Gasteiger partial charge on any atom is -0.460 e. The molecule has 0 fully saturated rings. The van der Waals surface area contributed by atoms with Crippen molar-refractivity contribution in [1.82, 2.24) is 9.97 Å². The fourth-order valence-electron chi connectivity index (χ4n) is 3.76. The Hall–Kier alpha value is -2.31. The molecule has 3 rings (SSSR count). The van der Waals surface area contributed by atoms with Crippen LogP contribution in [0.4, 0.5) is 0 Å². The maximum absolute atomic E-state index is 12.4. The molecule has 0 radical (unpaired) electrons. The van der Waals surface area contributed by atoms with Crippen molar-refractivity contribution in [2.24, 2.45) is 0 Å². The number of nitrogens with zero attached hydrogens (tertiary/aromatic N) is 2. The number of unbranched alkanes of at least 4 members (excludes halogenated alkanes) is 7. The maximum Gasteiger partial charge on any atom is 0.319 e. The van der Waals surface area contributed by atoms with Crippen LogP contribution in [0.5, 0.6) is 0 Å². The smallest absolute Gasteiger partial charge is 0.319 e. The molecule has 0 aliphatic rings. The highest BCUT2D eigenvalue weighted by Gasteiger charge is 2.16. The SMILES string of the molecule is CCCCCCCCCCSc1ncc(-c2ccc(S[C@H](C)C(=O)OCc3ccccc3)cc2)cn1. The van der Waals surface area contributed by atoms with Gasteiger partial charge in [0.15, 0.2) is 5.16 Å². The van der Waals surface area contributed by atoms with Gasteiger partial charge in [0.1, 0.15) is 11.9 Å². The summed E-state index contributed by atoms with van der Waals surface area (Å²) in [4.78, 5) is 22.5. The van der Waals surface area contributed by atoms with Crippen LogP contribution in [-0.4, -0.2) is 26.9 Å². The van der Waals surface area contributed by atoms with Crippen LogP contribution in [0.1, 0.15) is 70.8 Å². The van der Waals surface area contributed by atoms with Gasteiger partial charge in [-0.05, 0) is 36.6 Å². The minimum atomic E-state index is -0.278. The van der Waals surface area contributed by atoms with Crippen LogP contribution >= 0.6 is 23.5 Å². The highest BCUT2D eigenvalue weighted by Crippen LogP contribution is 2.28. The van der Waals surface area contributed by atoms with Gasteiger partial charge in [0.2, 0.25) is 0 Å². The van der Waals surface area contributed by atoms with Crippen LogP contribution in [0.3, 0.4) is 0 Å². The van der Waals surface area contributed by atoms with Crippen molar-refractivity contribution in [2.75, 3.05) is 5.75 Å². The summed E-state index contributed by atoms with van der Waals surface area (Å²) in [5.74, 6) is 0.869. The lowest BCUT2D eigenvalue weighted by atomic mass is 10.1. The van der Waals surface area contributed by atoms with Gasteiger partial charge >= 0.3 is 5.97 Å². The molecule has 1 heterocycles. The molecule has 0 spiro atoms. The Morgan fingerprint density at radius 1 is 0.833 bits per heavy atom. The molecule has 0 bridgehead atoms. The van der Waals surface area contributed by atoms with Crippen molar-refractivity contribution in [3.05, 3.63) is 72.6 Å². The topological polar surface area (TPSA) is 52.1 Å². The molecule has 0 N–H and O–H groups in total. The fraction of sp³-hybridized carbons (Fsp3) is 0.433. The van der Waals surface area contributed by atoms with Crippen LogP contribution in [-0.2, 0) is 16.1 Å². The van der Waals surface area contributed by atoms with E-state index >= 15 is 0 Å². The van der Waals surface area contributed by atoms with Crippen LogP contribution in [0, 0.1) is 0 Å². The molecule has 192 valence electrons. The van der Waals surface area contributed by atoms with E-state index in [4.69, 9.17) is 4.74 Å². The highest BCUT2D eigenvalue weighted by atomic mass is 32.2. The molecule has 3 aromatic rings. The number of hydrogen-bond donors (Lipinski definition) is 0. The summed E-state index contributed by atoms with van der Waals surface area (Å²) >= 11 is 3.24. The van der Waals surface area contributed by atoms with E-state index in [1.165, 1.54) is 63.1 Å². The zero-order valence-corrected chi connectivity index (χ0v) is 23.2. The van der Waals surface area contributed by atoms with E-state index in [1.54, 1.807) is 11.8 Å². The number of aromatic nitrogens is 2. The van der Waals surface area contributed by atoms with Crippen LogP contribution < -0.4 is 0 Å². The standard InChI is InChI=1S/C30H38N2O2S2/c1-3-4-5-6-7-8-9-13-20-35-30-31-21-27(22-32-30)26-16-18-28(19-17-26)36-24(2)29(33)34-23-25-14-11-10-12-15-25/h10-12,14-19,21-22,24H,3-9,13,20,23H2,1-2H3/t24-/m1/s1. The van der Waals surface area contributed by atoms with Gasteiger partial charge < -0.3 is 4.74 Å². The number of benzene rings is 2. The molecule has 0 aliphatic heterocycles. The van der Waals surface area contributed by atoms with E-state index in [1.807, 2.05) is 61.8 Å². The molecule has 0 unspecified atom stereocenters. The zero-order valence-electron chi connectivity index (χ0n) is 21.5. The Morgan fingerprint density at radius 3 is 2.14 bits per heavy atom. The first kappa shape index (κ1) is 28.3. The minimum absolute atomic E-state index is 0.207. The highest BCUT2D eigenvalue weighted by molar-refractivity contribution is 8.00. The molecular weight excluding hydrogens is 484 g/mol. The number of esters is 1. The molecular formula is C30H38N2O2S2. The van der Waals surface area contributed by atoms with Crippen molar-refractivity contribution < 1.29 is 9.53 Å². The van der Waals surface area contributed by atoms with Gasteiger partial charge in [-0.25, -0.2) is 9.97 Å². The van der Waals surface area contributed by atoms with Gasteiger partial charge in [-0.15, -0.1) is 11.8 Å². The molecule has 0 saturated carbocycles. The second-order valence-corrected chi connectivity index (χ2v) is 11.4.